The van der Waals surface area contributed by atoms with E-state index in [0.717, 1.165) is 58.0 Å². The minimum atomic E-state index is 0.0907. The molecule has 0 atom stereocenters. The van der Waals surface area contributed by atoms with E-state index in [1.54, 1.807) is 7.11 Å². The van der Waals surface area contributed by atoms with E-state index in [1.165, 1.54) is 6.42 Å². The normalized spacial score (nSPS) is 25.8. The predicted octanol–water partition coefficient (Wildman–Crippen LogP) is 1.96. The number of methoxy groups -OCH3 is 1. The Bertz CT molecular complexity index is 359. The number of carbonyl (C=O) groups excluding carboxylic acids is 2. The SMILES string of the molecule is COCCCNC(=O)C1CCC(C(=O)N2CCCCC2)CC1. The molecular weight excluding hydrogens is 280 g/mol. The number of hydrogen-bond donors (Lipinski definition) is 1. The summed E-state index contributed by atoms with van der Waals surface area (Å²) in [5.41, 5.74) is 0. The van der Waals surface area contributed by atoms with Crippen molar-refractivity contribution in [1.82, 2.24) is 10.2 Å². The molecule has 0 aromatic rings. The van der Waals surface area contributed by atoms with Gasteiger partial charge >= 0.3 is 0 Å². The summed E-state index contributed by atoms with van der Waals surface area (Å²) in [4.78, 5) is 26.6. The van der Waals surface area contributed by atoms with E-state index in [9.17, 15) is 9.59 Å². The number of nitrogens with one attached hydrogen (secondary N) is 1. The summed E-state index contributed by atoms with van der Waals surface area (Å²) in [5.74, 6) is 0.724. The minimum Gasteiger partial charge on any atom is -0.385 e. The standard InChI is InChI=1S/C17H30N2O3/c1-22-13-5-10-18-16(20)14-6-8-15(9-7-14)17(21)19-11-3-2-4-12-19/h14-15H,2-13H2,1H3,(H,18,20). The van der Waals surface area contributed by atoms with Crippen LogP contribution in [0.5, 0.6) is 0 Å². The first-order chi connectivity index (χ1) is 10.7. The molecule has 1 aliphatic carbocycles. The van der Waals surface area contributed by atoms with Crippen LogP contribution in [0.1, 0.15) is 51.4 Å². The molecule has 1 saturated heterocycles. The van der Waals surface area contributed by atoms with Gasteiger partial charge in [0.15, 0.2) is 0 Å². The molecule has 0 bridgehead atoms. The van der Waals surface area contributed by atoms with Crippen molar-refractivity contribution in [2.24, 2.45) is 11.8 Å². The fraction of sp³-hybridized carbons (Fsp3) is 0.882. The van der Waals surface area contributed by atoms with Crippen molar-refractivity contribution in [3.63, 3.8) is 0 Å². The lowest BCUT2D eigenvalue weighted by Crippen LogP contribution is -2.42. The number of amides is 2. The number of carbonyl (C=O) groups is 2. The van der Waals surface area contributed by atoms with Crippen LogP contribution in [0.4, 0.5) is 0 Å². The molecule has 126 valence electrons. The Kier molecular flexibility index (Phi) is 7.16. The Morgan fingerprint density at radius 3 is 2.32 bits per heavy atom. The van der Waals surface area contributed by atoms with Crippen molar-refractivity contribution in [3.8, 4) is 0 Å². The summed E-state index contributed by atoms with van der Waals surface area (Å²) in [5, 5.41) is 2.98. The van der Waals surface area contributed by atoms with E-state index in [0.29, 0.717) is 19.1 Å². The fourth-order valence-corrected chi connectivity index (χ4v) is 3.55. The van der Waals surface area contributed by atoms with Gasteiger partial charge in [0.1, 0.15) is 0 Å². The molecule has 1 N–H and O–H groups in total. The van der Waals surface area contributed by atoms with Gasteiger partial charge in [-0.2, -0.15) is 0 Å². The van der Waals surface area contributed by atoms with Gasteiger partial charge in [0, 0.05) is 45.2 Å². The van der Waals surface area contributed by atoms with Gasteiger partial charge in [-0.05, 0) is 51.4 Å². The highest BCUT2D eigenvalue weighted by Gasteiger charge is 2.32. The summed E-state index contributed by atoms with van der Waals surface area (Å²) in [6, 6.07) is 0. The quantitative estimate of drug-likeness (QED) is 0.763. The number of nitrogens with zero attached hydrogens (tertiary/aromatic N) is 1. The highest BCUT2D eigenvalue weighted by molar-refractivity contribution is 5.81. The Morgan fingerprint density at radius 2 is 1.68 bits per heavy atom. The second-order valence-electron chi connectivity index (χ2n) is 6.57. The summed E-state index contributed by atoms with van der Waals surface area (Å²) in [6.07, 6.45) is 7.82. The van der Waals surface area contributed by atoms with Crippen LogP contribution in [-0.4, -0.2) is 50.1 Å². The van der Waals surface area contributed by atoms with E-state index >= 15 is 0 Å². The largest absolute Gasteiger partial charge is 0.385 e. The molecule has 0 unspecified atom stereocenters. The summed E-state index contributed by atoms with van der Waals surface area (Å²) < 4.78 is 4.97. The zero-order chi connectivity index (χ0) is 15.8. The maximum Gasteiger partial charge on any atom is 0.225 e. The van der Waals surface area contributed by atoms with E-state index in [1.807, 2.05) is 4.90 Å². The van der Waals surface area contributed by atoms with Crippen LogP contribution in [0, 0.1) is 11.8 Å². The second-order valence-corrected chi connectivity index (χ2v) is 6.57. The maximum atomic E-state index is 12.5. The lowest BCUT2D eigenvalue weighted by Gasteiger charge is -2.33. The Labute approximate surface area is 133 Å². The molecular formula is C17H30N2O3. The minimum absolute atomic E-state index is 0.0907. The molecule has 5 nitrogen and oxygen atoms in total. The van der Waals surface area contributed by atoms with Gasteiger partial charge in [0.25, 0.3) is 0 Å². The third-order valence-electron chi connectivity index (χ3n) is 4.94. The van der Waals surface area contributed by atoms with E-state index in [2.05, 4.69) is 5.32 Å². The monoisotopic (exact) mass is 310 g/mol. The molecule has 0 radical (unpaired) electrons. The van der Waals surface area contributed by atoms with Gasteiger partial charge in [-0.1, -0.05) is 0 Å². The zero-order valence-corrected chi connectivity index (χ0v) is 13.8. The Balaban J connectivity index is 1.68. The van der Waals surface area contributed by atoms with Gasteiger partial charge in [-0.25, -0.2) is 0 Å². The van der Waals surface area contributed by atoms with Gasteiger partial charge < -0.3 is 15.0 Å². The van der Waals surface area contributed by atoms with Crippen molar-refractivity contribution >= 4 is 11.8 Å². The molecule has 5 heteroatoms. The fourth-order valence-electron chi connectivity index (χ4n) is 3.55. The molecule has 0 aromatic heterocycles. The van der Waals surface area contributed by atoms with Crippen LogP contribution in [-0.2, 0) is 14.3 Å². The number of likely N-dealkylation sites (tertiary alicyclic amines) is 1. The van der Waals surface area contributed by atoms with Crippen LogP contribution < -0.4 is 5.32 Å². The van der Waals surface area contributed by atoms with E-state index < -0.39 is 0 Å². The lowest BCUT2D eigenvalue weighted by molar-refractivity contribution is -0.139. The summed E-state index contributed by atoms with van der Waals surface area (Å²) in [7, 11) is 1.67. The molecule has 2 amide bonds. The topological polar surface area (TPSA) is 58.6 Å². The molecule has 22 heavy (non-hydrogen) atoms. The number of piperidine rings is 1. The Morgan fingerprint density at radius 1 is 1.05 bits per heavy atom. The molecule has 2 rings (SSSR count). The van der Waals surface area contributed by atoms with Gasteiger partial charge in [0.05, 0.1) is 0 Å². The molecule has 1 aliphatic heterocycles. The number of rotatable bonds is 6. The average molecular weight is 310 g/mol. The van der Waals surface area contributed by atoms with Crippen LogP contribution >= 0.6 is 0 Å². The Hall–Kier alpha value is -1.10. The lowest BCUT2D eigenvalue weighted by atomic mass is 9.80. The molecule has 2 aliphatic rings. The van der Waals surface area contributed by atoms with Crippen LogP contribution in [0.2, 0.25) is 0 Å². The summed E-state index contributed by atoms with van der Waals surface area (Å²) >= 11 is 0. The zero-order valence-electron chi connectivity index (χ0n) is 13.8. The first-order valence-corrected chi connectivity index (χ1v) is 8.78. The van der Waals surface area contributed by atoms with Crippen LogP contribution in [0.3, 0.4) is 0 Å². The number of hydrogen-bond acceptors (Lipinski definition) is 3. The van der Waals surface area contributed by atoms with Gasteiger partial charge in [0.2, 0.25) is 11.8 Å². The molecule has 0 aromatic carbocycles. The maximum absolute atomic E-state index is 12.5. The number of ether oxygens (including phenoxy) is 1. The first kappa shape index (κ1) is 17.3. The van der Waals surface area contributed by atoms with Crippen LogP contribution in [0.25, 0.3) is 0 Å². The average Bonchev–Trinajstić information content (AvgIpc) is 2.59. The highest BCUT2D eigenvalue weighted by Crippen LogP contribution is 2.30. The second kappa shape index (κ2) is 9.13. The van der Waals surface area contributed by atoms with Crippen LogP contribution in [0.15, 0.2) is 0 Å². The van der Waals surface area contributed by atoms with Crippen molar-refractivity contribution in [2.45, 2.75) is 51.4 Å². The van der Waals surface area contributed by atoms with Gasteiger partial charge in [-0.3, -0.25) is 9.59 Å². The smallest absolute Gasteiger partial charge is 0.225 e. The molecule has 1 heterocycles. The highest BCUT2D eigenvalue weighted by atomic mass is 16.5. The predicted molar refractivity (Wildman–Crippen MR) is 85.4 cm³/mol. The molecule has 2 fully saturated rings. The van der Waals surface area contributed by atoms with Crippen molar-refractivity contribution < 1.29 is 14.3 Å². The third-order valence-corrected chi connectivity index (χ3v) is 4.94. The van der Waals surface area contributed by atoms with Gasteiger partial charge in [-0.15, -0.1) is 0 Å². The first-order valence-electron chi connectivity index (χ1n) is 8.78. The third kappa shape index (κ3) is 4.97. The van der Waals surface area contributed by atoms with Crippen molar-refractivity contribution in [3.05, 3.63) is 0 Å². The summed E-state index contributed by atoms with van der Waals surface area (Å²) in [6.45, 7) is 3.22. The van der Waals surface area contributed by atoms with E-state index in [4.69, 9.17) is 4.74 Å². The molecule has 1 saturated carbocycles. The van der Waals surface area contributed by atoms with Crippen molar-refractivity contribution in [1.29, 1.82) is 0 Å². The molecule has 0 spiro atoms. The van der Waals surface area contributed by atoms with Crippen molar-refractivity contribution in [2.75, 3.05) is 33.4 Å². The van der Waals surface area contributed by atoms with E-state index in [-0.39, 0.29) is 17.7 Å².